The van der Waals surface area contributed by atoms with Gasteiger partial charge >= 0.3 is 0 Å². The van der Waals surface area contributed by atoms with Gasteiger partial charge in [-0.3, -0.25) is 4.40 Å². The minimum absolute atomic E-state index is 0.600. The first-order chi connectivity index (χ1) is 6.31. The summed E-state index contributed by atoms with van der Waals surface area (Å²) in [6.07, 6.45) is 5.95. The van der Waals surface area contributed by atoms with Crippen LogP contribution in [-0.4, -0.2) is 20.9 Å². The van der Waals surface area contributed by atoms with E-state index in [1.165, 1.54) is 0 Å². The van der Waals surface area contributed by atoms with Crippen molar-refractivity contribution in [2.24, 2.45) is 5.73 Å². The van der Waals surface area contributed by atoms with Gasteiger partial charge in [-0.25, -0.2) is 9.97 Å². The van der Waals surface area contributed by atoms with Gasteiger partial charge in [0.1, 0.15) is 0 Å². The Balaban J connectivity index is 2.58. The van der Waals surface area contributed by atoms with Crippen molar-refractivity contribution in [2.75, 3.05) is 12.3 Å². The molecule has 0 aliphatic heterocycles. The van der Waals surface area contributed by atoms with Crippen LogP contribution in [0.15, 0.2) is 18.6 Å². The highest BCUT2D eigenvalue weighted by Gasteiger charge is 2.02. The number of anilines is 1. The average molecular weight is 177 g/mol. The van der Waals surface area contributed by atoms with Crippen molar-refractivity contribution in [3.8, 4) is 0 Å². The van der Waals surface area contributed by atoms with E-state index in [9.17, 15) is 0 Å². The Morgan fingerprint density at radius 1 is 1.31 bits per heavy atom. The van der Waals surface area contributed by atoms with E-state index in [1.54, 1.807) is 18.6 Å². The van der Waals surface area contributed by atoms with Crippen LogP contribution in [0.4, 0.5) is 5.69 Å². The van der Waals surface area contributed by atoms with Crippen LogP contribution in [0.5, 0.6) is 0 Å². The van der Waals surface area contributed by atoms with Gasteiger partial charge in [0, 0.05) is 18.3 Å². The third-order valence-corrected chi connectivity index (χ3v) is 1.86. The maximum atomic E-state index is 5.61. The lowest BCUT2D eigenvalue weighted by molar-refractivity contribution is 0.900. The minimum Gasteiger partial charge on any atom is -0.396 e. The second-order valence-corrected chi connectivity index (χ2v) is 2.85. The number of imidazole rings is 1. The number of nitrogen functional groups attached to an aromatic ring is 1. The van der Waals surface area contributed by atoms with Crippen molar-refractivity contribution in [1.29, 1.82) is 0 Å². The molecule has 0 aliphatic rings. The first-order valence-corrected chi connectivity index (χ1v) is 4.09. The maximum absolute atomic E-state index is 5.61. The zero-order chi connectivity index (χ0) is 9.26. The Morgan fingerprint density at radius 3 is 2.85 bits per heavy atom. The predicted molar refractivity (Wildman–Crippen MR) is 50.2 cm³/mol. The summed E-state index contributed by atoms with van der Waals surface area (Å²) in [7, 11) is 0. The fourth-order valence-electron chi connectivity index (χ4n) is 1.27. The lowest BCUT2D eigenvalue weighted by Gasteiger charge is -1.99. The summed E-state index contributed by atoms with van der Waals surface area (Å²) < 4.78 is 1.86. The standard InChI is InChI=1S/C8H11N5/c9-2-1-7-4-12-8-11-3-6(10)5-13(7)8/h3-5H,1-2,9-10H2. The van der Waals surface area contributed by atoms with E-state index in [0.29, 0.717) is 18.0 Å². The molecule has 4 N–H and O–H groups in total. The molecule has 2 aromatic rings. The summed E-state index contributed by atoms with van der Waals surface area (Å²) in [6, 6.07) is 0. The van der Waals surface area contributed by atoms with E-state index in [4.69, 9.17) is 11.5 Å². The number of hydrogen-bond acceptors (Lipinski definition) is 4. The molecule has 5 nitrogen and oxygen atoms in total. The molecular weight excluding hydrogens is 166 g/mol. The molecular formula is C8H11N5. The van der Waals surface area contributed by atoms with E-state index in [-0.39, 0.29) is 0 Å². The summed E-state index contributed by atoms with van der Waals surface area (Å²) in [5, 5.41) is 0. The highest BCUT2D eigenvalue weighted by atomic mass is 15.1. The van der Waals surface area contributed by atoms with Crippen molar-refractivity contribution in [3.63, 3.8) is 0 Å². The quantitative estimate of drug-likeness (QED) is 0.666. The number of nitrogens with two attached hydrogens (primary N) is 2. The van der Waals surface area contributed by atoms with Gasteiger partial charge in [0.05, 0.1) is 18.1 Å². The molecule has 0 unspecified atom stereocenters. The Morgan fingerprint density at radius 2 is 2.08 bits per heavy atom. The highest BCUT2D eigenvalue weighted by molar-refractivity contribution is 5.40. The molecule has 0 radical (unpaired) electrons. The number of rotatable bonds is 2. The van der Waals surface area contributed by atoms with Crippen molar-refractivity contribution < 1.29 is 0 Å². The number of fused-ring (bicyclic) bond motifs is 1. The van der Waals surface area contributed by atoms with E-state index >= 15 is 0 Å². The first kappa shape index (κ1) is 8.00. The SMILES string of the molecule is NCCc1cnc2ncc(N)cn12. The third-order valence-electron chi connectivity index (χ3n) is 1.86. The molecule has 0 aliphatic carbocycles. The van der Waals surface area contributed by atoms with Crippen molar-refractivity contribution in [2.45, 2.75) is 6.42 Å². The van der Waals surface area contributed by atoms with Gasteiger partial charge in [-0.1, -0.05) is 0 Å². The monoisotopic (exact) mass is 177 g/mol. The fraction of sp³-hybridized carbons (Fsp3) is 0.250. The molecule has 0 fully saturated rings. The molecule has 68 valence electrons. The molecule has 13 heavy (non-hydrogen) atoms. The van der Waals surface area contributed by atoms with E-state index in [1.807, 2.05) is 4.40 Å². The second kappa shape index (κ2) is 3.02. The smallest absolute Gasteiger partial charge is 0.234 e. The minimum atomic E-state index is 0.600. The van der Waals surface area contributed by atoms with Crippen LogP contribution < -0.4 is 11.5 Å². The molecule has 0 aromatic carbocycles. The summed E-state index contributed by atoms with van der Waals surface area (Å²) >= 11 is 0. The van der Waals surface area contributed by atoms with E-state index in [0.717, 1.165) is 12.1 Å². The molecule has 0 atom stereocenters. The van der Waals surface area contributed by atoms with Gasteiger partial charge in [-0.05, 0) is 6.54 Å². The van der Waals surface area contributed by atoms with Gasteiger partial charge in [0.15, 0.2) is 0 Å². The molecule has 0 saturated heterocycles. The van der Waals surface area contributed by atoms with E-state index in [2.05, 4.69) is 9.97 Å². The predicted octanol–water partition coefficient (Wildman–Crippen LogP) is -0.187. The van der Waals surface area contributed by atoms with Crippen LogP contribution in [0.1, 0.15) is 5.69 Å². The van der Waals surface area contributed by atoms with E-state index < -0.39 is 0 Å². The van der Waals surface area contributed by atoms with Crippen LogP contribution in [0.25, 0.3) is 5.78 Å². The van der Waals surface area contributed by atoms with Gasteiger partial charge in [0.25, 0.3) is 0 Å². The Bertz CT molecular complexity index is 419. The molecule has 0 bridgehead atoms. The molecule has 0 spiro atoms. The van der Waals surface area contributed by atoms with Crippen LogP contribution >= 0.6 is 0 Å². The van der Waals surface area contributed by atoms with Gasteiger partial charge < -0.3 is 11.5 Å². The largest absolute Gasteiger partial charge is 0.396 e. The highest BCUT2D eigenvalue weighted by Crippen LogP contribution is 2.07. The lowest BCUT2D eigenvalue weighted by Crippen LogP contribution is -2.05. The maximum Gasteiger partial charge on any atom is 0.234 e. The molecule has 0 amide bonds. The number of hydrogen-bond donors (Lipinski definition) is 2. The lowest BCUT2D eigenvalue weighted by atomic mass is 10.3. The molecule has 2 heterocycles. The normalized spacial score (nSPS) is 10.8. The zero-order valence-electron chi connectivity index (χ0n) is 7.14. The number of aromatic nitrogens is 3. The first-order valence-electron chi connectivity index (χ1n) is 4.09. The van der Waals surface area contributed by atoms with Crippen molar-refractivity contribution in [1.82, 2.24) is 14.4 Å². The van der Waals surface area contributed by atoms with Gasteiger partial charge in [-0.15, -0.1) is 0 Å². The fourth-order valence-corrected chi connectivity index (χ4v) is 1.27. The van der Waals surface area contributed by atoms with Crippen LogP contribution in [0.3, 0.4) is 0 Å². The molecule has 2 aromatic heterocycles. The van der Waals surface area contributed by atoms with Crippen molar-refractivity contribution >= 4 is 11.5 Å². The third kappa shape index (κ3) is 1.33. The van der Waals surface area contributed by atoms with Gasteiger partial charge in [0.2, 0.25) is 5.78 Å². The molecule has 2 rings (SSSR count). The topological polar surface area (TPSA) is 82.2 Å². The summed E-state index contributed by atoms with van der Waals surface area (Å²) in [5.41, 5.74) is 12.7. The van der Waals surface area contributed by atoms with Crippen LogP contribution in [0.2, 0.25) is 0 Å². The molecule has 0 saturated carbocycles. The Hall–Kier alpha value is -1.62. The van der Waals surface area contributed by atoms with Gasteiger partial charge in [-0.2, -0.15) is 0 Å². The van der Waals surface area contributed by atoms with Crippen LogP contribution in [-0.2, 0) is 6.42 Å². The van der Waals surface area contributed by atoms with Crippen LogP contribution in [0, 0.1) is 0 Å². The average Bonchev–Trinajstić information content (AvgIpc) is 2.49. The number of nitrogens with zero attached hydrogens (tertiary/aromatic N) is 3. The Labute approximate surface area is 75.4 Å². The second-order valence-electron chi connectivity index (χ2n) is 2.85. The Kier molecular flexibility index (Phi) is 1.86. The molecule has 5 heteroatoms. The van der Waals surface area contributed by atoms with Crippen molar-refractivity contribution in [3.05, 3.63) is 24.3 Å². The summed E-state index contributed by atoms with van der Waals surface area (Å²) in [6.45, 7) is 0.600. The summed E-state index contributed by atoms with van der Waals surface area (Å²) in [5.74, 6) is 0.664. The zero-order valence-corrected chi connectivity index (χ0v) is 7.14. The summed E-state index contributed by atoms with van der Waals surface area (Å²) in [4.78, 5) is 8.19.